The van der Waals surface area contributed by atoms with Crippen molar-refractivity contribution >= 4 is 61.5 Å². The molecular formula is C9H10ClO5S2Tc. The molecule has 0 aliphatic rings. The van der Waals surface area contributed by atoms with Crippen molar-refractivity contribution in [1.29, 1.82) is 0 Å². The standard InChI is InChI=1S/C6H11ClO2S2.3CO.Tc/c1-10-2-3-11-4-5(7)6(8)9;3*1-2;/h5H,2-4H2,1H3,(H,8,9);;;;/q;;;;+1/p-1/t5-;;;;/m1..../s1. The summed E-state index contributed by atoms with van der Waals surface area (Å²) < 4.78 is 0. The van der Waals surface area contributed by atoms with E-state index in [9.17, 15) is 9.90 Å². The van der Waals surface area contributed by atoms with Crippen LogP contribution in [-0.2, 0) is 39.3 Å². The number of halogens is 1. The summed E-state index contributed by atoms with van der Waals surface area (Å²) in [6, 6.07) is 0. The average molecular weight is 396 g/mol. The Morgan fingerprint density at radius 3 is 1.83 bits per heavy atom. The molecule has 0 spiro atoms. The molecule has 0 aromatic carbocycles. The van der Waals surface area contributed by atoms with Crippen LogP contribution in [0.1, 0.15) is 0 Å². The van der Waals surface area contributed by atoms with Crippen molar-refractivity contribution in [2.45, 2.75) is 5.38 Å². The largest absolute Gasteiger partial charge is 1.00 e. The van der Waals surface area contributed by atoms with Crippen molar-refractivity contribution in [2.75, 3.05) is 23.5 Å². The van der Waals surface area contributed by atoms with Gasteiger partial charge in [0.25, 0.3) is 20.4 Å². The molecule has 0 N–H and O–H groups in total. The van der Waals surface area contributed by atoms with E-state index in [-0.39, 0.29) is 20.1 Å². The fourth-order valence-electron chi connectivity index (χ4n) is 0.397. The van der Waals surface area contributed by atoms with Gasteiger partial charge in [0.2, 0.25) is 0 Å². The zero-order valence-corrected chi connectivity index (χ0v) is 13.6. The predicted octanol–water partition coefficient (Wildman–Crippen LogP) is -0.754. The van der Waals surface area contributed by atoms with E-state index in [4.69, 9.17) is 26.0 Å². The molecule has 1 atom stereocenters. The summed E-state index contributed by atoms with van der Waals surface area (Å²) in [5, 5.41) is 9.26. The zero-order valence-electron chi connectivity index (χ0n) is 9.31. The second kappa shape index (κ2) is 36.0. The van der Waals surface area contributed by atoms with Crippen molar-refractivity contribution < 1.29 is 44.4 Å². The number of hydrogen-bond donors (Lipinski definition) is 0. The van der Waals surface area contributed by atoms with E-state index in [1.807, 2.05) is 6.26 Å². The van der Waals surface area contributed by atoms with E-state index in [1.54, 1.807) is 23.5 Å². The maximum Gasteiger partial charge on any atom is 1.00 e. The molecule has 0 unspecified atom stereocenters. The van der Waals surface area contributed by atoms with Crippen LogP contribution in [0.15, 0.2) is 0 Å². The van der Waals surface area contributed by atoms with Crippen LogP contribution in [0, 0.1) is 0 Å². The maximum absolute atomic E-state index is 10.1. The van der Waals surface area contributed by atoms with Gasteiger partial charge in [-0.25, -0.2) is 0 Å². The number of rotatable bonds is 6. The van der Waals surface area contributed by atoms with Crippen molar-refractivity contribution in [3.05, 3.63) is 0 Å². The molecule has 9 heteroatoms. The Morgan fingerprint density at radius 2 is 1.56 bits per heavy atom. The van der Waals surface area contributed by atoms with Crippen LogP contribution in [0.2, 0.25) is 0 Å². The molecule has 18 heavy (non-hydrogen) atoms. The molecule has 0 aromatic rings. The SMILES string of the molecule is CSCCSC[C@@H](Cl)C(=O)[O-].[C]=O.[C]=O.[C]=O.[Tc+]. The van der Waals surface area contributed by atoms with Crippen molar-refractivity contribution in [2.24, 2.45) is 0 Å². The molecule has 102 valence electrons. The van der Waals surface area contributed by atoms with Crippen LogP contribution < -0.4 is 5.11 Å². The molecule has 0 aliphatic carbocycles. The molecule has 6 radical (unpaired) electrons. The van der Waals surface area contributed by atoms with Crippen LogP contribution >= 0.6 is 35.1 Å². The van der Waals surface area contributed by atoms with Gasteiger partial charge in [-0.05, 0) is 6.26 Å². The Labute approximate surface area is 134 Å². The van der Waals surface area contributed by atoms with Crippen molar-refractivity contribution in [1.82, 2.24) is 0 Å². The number of hydrogen-bond acceptors (Lipinski definition) is 7. The quantitative estimate of drug-likeness (QED) is 0.431. The van der Waals surface area contributed by atoms with Crippen LogP contribution in [-0.4, -0.2) is 55.2 Å². The molecule has 0 rings (SSSR count). The molecule has 0 saturated carbocycles. The molecule has 0 aromatic heterocycles. The van der Waals surface area contributed by atoms with E-state index >= 15 is 0 Å². The van der Waals surface area contributed by atoms with Gasteiger partial charge in [0.05, 0.1) is 11.3 Å². The zero-order chi connectivity index (χ0) is 14.7. The minimum absolute atomic E-state index is 0. The summed E-state index contributed by atoms with van der Waals surface area (Å²) in [5.41, 5.74) is 0. The first-order valence-corrected chi connectivity index (χ1v) is 6.70. The van der Waals surface area contributed by atoms with Crippen LogP contribution in [0.3, 0.4) is 0 Å². The van der Waals surface area contributed by atoms with Gasteiger partial charge in [-0.1, -0.05) is 0 Å². The number of thioether (sulfide) groups is 2. The summed E-state index contributed by atoms with van der Waals surface area (Å²) in [4.78, 5) is 32.6. The summed E-state index contributed by atoms with van der Waals surface area (Å²) in [7, 11) is 0. The molecule has 0 aliphatic heterocycles. The third-order valence-electron chi connectivity index (χ3n) is 0.952. The smallest absolute Gasteiger partial charge is 0.549 e. The summed E-state index contributed by atoms with van der Waals surface area (Å²) in [6.45, 7) is 13.5. The summed E-state index contributed by atoms with van der Waals surface area (Å²) >= 11 is 8.68. The minimum atomic E-state index is -1.18. The monoisotopic (exact) mass is 394 g/mol. The van der Waals surface area contributed by atoms with Gasteiger partial charge in [-0.15, -0.1) is 11.6 Å². The van der Waals surface area contributed by atoms with E-state index in [2.05, 4.69) is 20.4 Å². The molecule has 0 saturated heterocycles. The van der Waals surface area contributed by atoms with Crippen LogP contribution in [0.5, 0.6) is 0 Å². The van der Waals surface area contributed by atoms with Crippen molar-refractivity contribution in [3.8, 4) is 0 Å². The third-order valence-corrected chi connectivity index (χ3v) is 3.40. The van der Waals surface area contributed by atoms with E-state index in [0.29, 0.717) is 5.75 Å². The van der Waals surface area contributed by atoms with Crippen LogP contribution in [0.4, 0.5) is 0 Å². The van der Waals surface area contributed by atoms with E-state index in [1.165, 1.54) is 0 Å². The summed E-state index contributed by atoms with van der Waals surface area (Å²) in [5.74, 6) is 1.23. The average Bonchev–Trinajstić information content (AvgIpc) is 2.41. The van der Waals surface area contributed by atoms with E-state index in [0.717, 1.165) is 11.5 Å². The topological polar surface area (TPSA) is 91.3 Å². The Morgan fingerprint density at radius 1 is 1.17 bits per heavy atom. The number of carboxylic acid groups (broad SMARTS) is 1. The molecule has 0 fully saturated rings. The molecular weight excluding hydrogens is 386 g/mol. The van der Waals surface area contributed by atoms with Gasteiger partial charge in [-0.3, -0.25) is 14.4 Å². The van der Waals surface area contributed by atoms with Gasteiger partial charge in [0.15, 0.2) is 0 Å². The first-order valence-electron chi connectivity index (χ1n) is 3.71. The Bertz CT molecular complexity index is 163. The number of alkyl halides is 1. The minimum Gasteiger partial charge on any atom is -0.549 e. The normalized spacial score (nSPS) is 8.56. The summed E-state index contributed by atoms with van der Waals surface area (Å²) in [6.07, 6.45) is 2.01. The number of carboxylic acids is 1. The van der Waals surface area contributed by atoms with Gasteiger partial charge in [-0.2, -0.15) is 23.5 Å². The number of aliphatic carboxylic acids is 1. The maximum atomic E-state index is 10.1. The second-order valence-electron chi connectivity index (χ2n) is 1.85. The number of carbonyl (C=O) groups is 1. The Kier molecular flexibility index (Phi) is 61.7. The first kappa shape index (κ1) is 30.9. The molecule has 0 bridgehead atoms. The Balaban J connectivity index is -0.0000000700. The van der Waals surface area contributed by atoms with Gasteiger partial charge >= 0.3 is 20.1 Å². The van der Waals surface area contributed by atoms with E-state index < -0.39 is 11.3 Å². The second-order valence-corrected chi connectivity index (χ2v) is 4.52. The number of carbonyl (C=O) groups excluding carboxylic acids is 4. The fourth-order valence-corrected chi connectivity index (χ4v) is 2.31. The van der Waals surface area contributed by atoms with Crippen LogP contribution in [0.25, 0.3) is 0 Å². The molecule has 0 heterocycles. The third kappa shape index (κ3) is 36.0. The van der Waals surface area contributed by atoms with Crippen molar-refractivity contribution in [3.63, 3.8) is 0 Å². The van der Waals surface area contributed by atoms with Gasteiger partial charge in [0, 0.05) is 17.3 Å². The van der Waals surface area contributed by atoms with Gasteiger partial charge < -0.3 is 9.90 Å². The fraction of sp³-hybridized carbons (Fsp3) is 0.556. The molecule has 0 amide bonds. The Hall–Kier alpha value is 0.119. The predicted molar refractivity (Wildman–Crippen MR) is 67.4 cm³/mol. The first-order chi connectivity index (χ1) is 8.18. The van der Waals surface area contributed by atoms with Gasteiger partial charge in [0.1, 0.15) is 0 Å². The molecule has 5 nitrogen and oxygen atoms in total.